The van der Waals surface area contributed by atoms with E-state index in [0.29, 0.717) is 11.3 Å². The molecule has 0 aliphatic heterocycles. The van der Waals surface area contributed by atoms with Crippen LogP contribution < -0.4 is 5.32 Å². The first-order chi connectivity index (χ1) is 13.0. The summed E-state index contributed by atoms with van der Waals surface area (Å²) in [5.74, 6) is 0.425. The summed E-state index contributed by atoms with van der Waals surface area (Å²) >= 11 is 3.04. The van der Waals surface area contributed by atoms with Crippen molar-refractivity contribution in [1.29, 1.82) is 0 Å². The van der Waals surface area contributed by atoms with Gasteiger partial charge < -0.3 is 5.32 Å². The Bertz CT molecular complexity index is 938. The molecule has 1 amide bonds. The molecule has 0 aliphatic carbocycles. The van der Waals surface area contributed by atoms with Crippen LogP contribution in [0.4, 0.5) is 0 Å². The van der Waals surface area contributed by atoms with Gasteiger partial charge in [0.1, 0.15) is 11.4 Å². The van der Waals surface area contributed by atoms with Crippen molar-refractivity contribution in [3.05, 3.63) is 53.2 Å². The number of aryl methyl sites for hydroxylation is 1. The Hall–Kier alpha value is -2.25. The molecule has 0 unspecified atom stereocenters. The van der Waals surface area contributed by atoms with E-state index in [0.717, 1.165) is 33.6 Å². The van der Waals surface area contributed by atoms with E-state index < -0.39 is 0 Å². The number of carbonyl (C=O) groups is 2. The molecule has 140 valence electrons. The molecular formula is C20H21N3O2S2. The largest absolute Gasteiger partial charge is 0.354 e. The number of thioether (sulfide) groups is 1. The maximum atomic E-state index is 12.5. The molecule has 0 bridgehead atoms. The van der Waals surface area contributed by atoms with Crippen LogP contribution in [0.15, 0.2) is 47.1 Å². The summed E-state index contributed by atoms with van der Waals surface area (Å²) in [6, 6.07) is 9.83. The minimum absolute atomic E-state index is 0.00976. The number of nitrogens with zero attached hydrogens (tertiary/aromatic N) is 2. The van der Waals surface area contributed by atoms with E-state index in [9.17, 15) is 9.59 Å². The highest BCUT2D eigenvalue weighted by Crippen LogP contribution is 2.29. The van der Waals surface area contributed by atoms with Crippen molar-refractivity contribution in [1.82, 2.24) is 15.3 Å². The maximum absolute atomic E-state index is 12.5. The van der Waals surface area contributed by atoms with Crippen LogP contribution in [0, 0.1) is 0 Å². The van der Waals surface area contributed by atoms with Crippen molar-refractivity contribution < 1.29 is 9.59 Å². The van der Waals surface area contributed by atoms with Gasteiger partial charge in [-0.15, -0.1) is 11.3 Å². The number of Topliss-reactive ketones (excluding diaryl/α,β-unsaturated/α-hetero) is 1. The number of aromatic nitrogens is 2. The molecule has 0 saturated carbocycles. The Balaban J connectivity index is 1.54. The second-order valence-corrected chi connectivity index (χ2v) is 8.24. The molecule has 0 aliphatic rings. The first-order valence-corrected chi connectivity index (χ1v) is 10.6. The Morgan fingerprint density at radius 1 is 1.19 bits per heavy atom. The summed E-state index contributed by atoms with van der Waals surface area (Å²) < 4.78 is 1.03. The zero-order valence-electron chi connectivity index (χ0n) is 15.3. The number of hydrogen-bond donors (Lipinski definition) is 1. The minimum Gasteiger partial charge on any atom is -0.354 e. The predicted molar refractivity (Wildman–Crippen MR) is 111 cm³/mol. The average molecular weight is 400 g/mol. The fourth-order valence-corrected chi connectivity index (χ4v) is 4.59. The zero-order valence-corrected chi connectivity index (χ0v) is 16.9. The predicted octanol–water partition coefficient (Wildman–Crippen LogP) is 4.12. The van der Waals surface area contributed by atoms with Crippen molar-refractivity contribution in [2.75, 3.05) is 5.75 Å². The summed E-state index contributed by atoms with van der Waals surface area (Å²) in [5.41, 5.74) is 2.79. The SMILES string of the molecule is CC(=O)N[C@H](C)CCc1ccc(C(=O)CSc2ncnc3ccsc23)cc1. The van der Waals surface area contributed by atoms with Crippen LogP contribution in [0.3, 0.4) is 0 Å². The first-order valence-electron chi connectivity index (χ1n) is 8.73. The molecule has 1 atom stereocenters. The molecule has 0 fully saturated rings. The topological polar surface area (TPSA) is 72.0 Å². The highest BCUT2D eigenvalue weighted by Gasteiger charge is 2.11. The lowest BCUT2D eigenvalue weighted by molar-refractivity contribution is -0.119. The smallest absolute Gasteiger partial charge is 0.217 e. The van der Waals surface area contributed by atoms with Gasteiger partial charge in [-0.2, -0.15) is 0 Å². The Kier molecular flexibility index (Phi) is 6.58. The standard InChI is InChI=1S/C20H21N3O2S2/c1-13(23-14(2)24)3-4-15-5-7-16(8-6-15)18(25)11-27-20-19-17(9-10-26-19)21-12-22-20/h5-10,12-13H,3-4,11H2,1-2H3,(H,23,24)/t13-/m1/s1. The minimum atomic E-state index is -0.00976. The summed E-state index contributed by atoms with van der Waals surface area (Å²) in [7, 11) is 0. The van der Waals surface area contributed by atoms with Gasteiger partial charge in [0.15, 0.2) is 5.78 Å². The number of carbonyl (C=O) groups excluding carboxylic acids is 2. The molecule has 3 aromatic rings. The third-order valence-electron chi connectivity index (χ3n) is 4.14. The average Bonchev–Trinajstić information content (AvgIpc) is 3.13. The molecule has 0 radical (unpaired) electrons. The number of amides is 1. The number of nitrogens with one attached hydrogen (secondary N) is 1. The highest BCUT2D eigenvalue weighted by molar-refractivity contribution is 8.00. The highest BCUT2D eigenvalue weighted by atomic mass is 32.2. The normalized spacial score (nSPS) is 12.1. The van der Waals surface area contributed by atoms with E-state index in [1.165, 1.54) is 18.7 Å². The molecule has 1 N–H and O–H groups in total. The molecule has 27 heavy (non-hydrogen) atoms. The number of rotatable bonds is 8. The van der Waals surface area contributed by atoms with Gasteiger partial charge in [-0.25, -0.2) is 9.97 Å². The van der Waals surface area contributed by atoms with E-state index >= 15 is 0 Å². The Morgan fingerprint density at radius 3 is 2.70 bits per heavy atom. The van der Waals surface area contributed by atoms with Gasteiger partial charge in [0.2, 0.25) is 5.91 Å². The van der Waals surface area contributed by atoms with Gasteiger partial charge >= 0.3 is 0 Å². The summed E-state index contributed by atoms with van der Waals surface area (Å²) in [6.45, 7) is 3.52. The molecular weight excluding hydrogens is 378 g/mol. The van der Waals surface area contributed by atoms with Gasteiger partial charge in [-0.3, -0.25) is 9.59 Å². The van der Waals surface area contributed by atoms with Crippen LogP contribution in [0.2, 0.25) is 0 Å². The Morgan fingerprint density at radius 2 is 1.96 bits per heavy atom. The van der Waals surface area contributed by atoms with Gasteiger partial charge in [-0.05, 0) is 36.8 Å². The van der Waals surface area contributed by atoms with Gasteiger partial charge in [0.05, 0.1) is 16.0 Å². The second-order valence-electron chi connectivity index (χ2n) is 6.36. The Labute approximate surface area is 166 Å². The fraction of sp³-hybridized carbons (Fsp3) is 0.300. The molecule has 5 nitrogen and oxygen atoms in total. The molecule has 0 saturated heterocycles. The lowest BCUT2D eigenvalue weighted by Gasteiger charge is -2.12. The van der Waals surface area contributed by atoms with E-state index in [1.54, 1.807) is 17.7 Å². The summed E-state index contributed by atoms with van der Waals surface area (Å²) in [6.07, 6.45) is 3.27. The zero-order chi connectivity index (χ0) is 19.2. The lowest BCUT2D eigenvalue weighted by Crippen LogP contribution is -2.30. The molecule has 7 heteroatoms. The van der Waals surface area contributed by atoms with Crippen molar-refractivity contribution in [3.63, 3.8) is 0 Å². The molecule has 2 aromatic heterocycles. The first kappa shape index (κ1) is 19.5. The monoisotopic (exact) mass is 399 g/mol. The summed E-state index contributed by atoms with van der Waals surface area (Å²) in [5, 5.41) is 5.72. The van der Waals surface area contributed by atoms with Crippen molar-refractivity contribution >= 4 is 45.0 Å². The number of thiophene rings is 1. The number of benzene rings is 1. The van der Waals surface area contributed by atoms with E-state index in [2.05, 4.69) is 15.3 Å². The summed E-state index contributed by atoms with van der Waals surface area (Å²) in [4.78, 5) is 32.1. The van der Waals surface area contributed by atoms with Crippen LogP contribution in [0.5, 0.6) is 0 Å². The molecule has 0 spiro atoms. The quantitative estimate of drug-likeness (QED) is 0.350. The fourth-order valence-electron chi connectivity index (χ4n) is 2.75. The van der Waals surface area contributed by atoms with Gasteiger partial charge in [0.25, 0.3) is 0 Å². The molecule has 3 rings (SSSR count). The number of fused-ring (bicyclic) bond motifs is 1. The molecule has 1 aromatic carbocycles. The van der Waals surface area contributed by atoms with Crippen molar-refractivity contribution in [3.8, 4) is 0 Å². The maximum Gasteiger partial charge on any atom is 0.217 e. The third kappa shape index (κ3) is 5.37. The molecule has 2 heterocycles. The van der Waals surface area contributed by atoms with Crippen LogP contribution in [0.25, 0.3) is 10.2 Å². The second kappa shape index (κ2) is 9.10. The van der Waals surface area contributed by atoms with Crippen molar-refractivity contribution in [2.24, 2.45) is 0 Å². The van der Waals surface area contributed by atoms with Crippen LogP contribution >= 0.6 is 23.1 Å². The third-order valence-corrected chi connectivity index (χ3v) is 6.17. The van der Waals surface area contributed by atoms with E-state index in [-0.39, 0.29) is 17.7 Å². The van der Waals surface area contributed by atoms with E-state index in [1.807, 2.05) is 42.6 Å². The number of hydrogen-bond acceptors (Lipinski definition) is 6. The van der Waals surface area contributed by atoms with Crippen LogP contribution in [-0.2, 0) is 11.2 Å². The number of ketones is 1. The van der Waals surface area contributed by atoms with Crippen LogP contribution in [0.1, 0.15) is 36.2 Å². The lowest BCUT2D eigenvalue weighted by atomic mass is 10.0. The van der Waals surface area contributed by atoms with Crippen molar-refractivity contribution in [2.45, 2.75) is 37.8 Å². The van der Waals surface area contributed by atoms with Gasteiger partial charge in [-0.1, -0.05) is 36.0 Å². The van der Waals surface area contributed by atoms with E-state index in [4.69, 9.17) is 0 Å². The van der Waals surface area contributed by atoms with Gasteiger partial charge in [0, 0.05) is 18.5 Å². The van der Waals surface area contributed by atoms with Crippen LogP contribution in [-0.4, -0.2) is 33.5 Å².